The first kappa shape index (κ1) is 18.1. The fourth-order valence-corrected chi connectivity index (χ4v) is 4.22. The van der Waals surface area contributed by atoms with Gasteiger partial charge in [0.2, 0.25) is 0 Å². The van der Waals surface area contributed by atoms with Crippen LogP contribution in [0.15, 0.2) is 42.5 Å². The number of unbranched alkanes of at least 4 members (excludes halogenated alkanes) is 2. The van der Waals surface area contributed by atoms with Crippen LogP contribution in [0.25, 0.3) is 11.1 Å². The van der Waals surface area contributed by atoms with Gasteiger partial charge in [0.25, 0.3) is 0 Å². The zero-order chi connectivity index (χ0) is 17.6. The summed E-state index contributed by atoms with van der Waals surface area (Å²) in [6.45, 7) is 2.26. The van der Waals surface area contributed by atoms with Gasteiger partial charge in [-0.15, -0.1) is 0 Å². The first-order chi connectivity index (χ1) is 12.2. The molecule has 0 heterocycles. The van der Waals surface area contributed by atoms with E-state index in [0.717, 1.165) is 17.0 Å². The van der Waals surface area contributed by atoms with Crippen molar-refractivity contribution in [2.45, 2.75) is 64.2 Å². The number of benzene rings is 2. The first-order valence-electron chi connectivity index (χ1n) is 9.73. The van der Waals surface area contributed by atoms with Gasteiger partial charge in [0.05, 0.1) is 0 Å². The van der Waals surface area contributed by atoms with Gasteiger partial charge in [-0.05, 0) is 66.3 Å². The predicted octanol–water partition coefficient (Wildman–Crippen LogP) is 7.49. The highest BCUT2D eigenvalue weighted by atomic mass is 19.2. The normalized spacial score (nSPS) is 20.6. The second kappa shape index (κ2) is 8.60. The largest absolute Gasteiger partial charge is 0.204 e. The van der Waals surface area contributed by atoms with Crippen LogP contribution in [0, 0.1) is 17.6 Å². The lowest BCUT2D eigenvalue weighted by atomic mass is 9.75. The number of rotatable bonds is 6. The quantitative estimate of drug-likeness (QED) is 0.477. The number of hydrogen-bond donors (Lipinski definition) is 0. The van der Waals surface area contributed by atoms with Crippen LogP contribution in [0.3, 0.4) is 0 Å². The summed E-state index contributed by atoms with van der Waals surface area (Å²) < 4.78 is 26.9. The van der Waals surface area contributed by atoms with Crippen LogP contribution >= 0.6 is 0 Å². The van der Waals surface area contributed by atoms with Crippen molar-refractivity contribution in [3.05, 3.63) is 59.7 Å². The molecule has 0 spiro atoms. The van der Waals surface area contributed by atoms with Crippen molar-refractivity contribution < 1.29 is 8.78 Å². The maximum absolute atomic E-state index is 13.7. The minimum absolute atomic E-state index is 0.534. The van der Waals surface area contributed by atoms with Gasteiger partial charge in [-0.2, -0.15) is 0 Å². The fraction of sp³-hybridized carbons (Fsp3) is 0.478. The molecule has 0 atom stereocenters. The van der Waals surface area contributed by atoms with Crippen LogP contribution in [0.1, 0.15) is 69.8 Å². The van der Waals surface area contributed by atoms with E-state index in [1.165, 1.54) is 69.1 Å². The SMILES string of the molecule is CCCCC[C@H]1CC[C@H](c2ccccc2-c2ccc(F)c(F)c2)CC1. The fourth-order valence-electron chi connectivity index (χ4n) is 4.22. The Balaban J connectivity index is 1.73. The molecule has 0 saturated heterocycles. The van der Waals surface area contributed by atoms with Crippen molar-refractivity contribution in [1.82, 2.24) is 0 Å². The van der Waals surface area contributed by atoms with Gasteiger partial charge in [-0.3, -0.25) is 0 Å². The highest BCUT2D eigenvalue weighted by molar-refractivity contribution is 5.68. The summed E-state index contributed by atoms with van der Waals surface area (Å²) in [5, 5.41) is 0. The molecule has 2 aromatic rings. The van der Waals surface area contributed by atoms with Gasteiger partial charge >= 0.3 is 0 Å². The van der Waals surface area contributed by atoms with Crippen molar-refractivity contribution >= 4 is 0 Å². The Kier molecular flexibility index (Phi) is 6.23. The third kappa shape index (κ3) is 4.48. The highest BCUT2D eigenvalue weighted by Gasteiger charge is 2.24. The van der Waals surface area contributed by atoms with Crippen LogP contribution < -0.4 is 0 Å². The molecule has 0 aliphatic heterocycles. The Morgan fingerprint density at radius 2 is 1.64 bits per heavy atom. The lowest BCUT2D eigenvalue weighted by Crippen LogP contribution is -2.14. The van der Waals surface area contributed by atoms with Crippen molar-refractivity contribution in [2.24, 2.45) is 5.92 Å². The van der Waals surface area contributed by atoms with Crippen LogP contribution in [0.5, 0.6) is 0 Å². The van der Waals surface area contributed by atoms with E-state index in [1.54, 1.807) is 6.07 Å². The van der Waals surface area contributed by atoms with Gasteiger partial charge in [0, 0.05) is 0 Å². The third-order valence-corrected chi connectivity index (χ3v) is 5.69. The smallest absolute Gasteiger partial charge is 0.159 e. The zero-order valence-electron chi connectivity index (χ0n) is 15.1. The van der Waals surface area contributed by atoms with Crippen LogP contribution in [0.2, 0.25) is 0 Å². The summed E-state index contributed by atoms with van der Waals surface area (Å²) in [5.41, 5.74) is 3.12. The molecule has 0 nitrogen and oxygen atoms in total. The second-order valence-corrected chi connectivity index (χ2v) is 7.43. The molecular weight excluding hydrogens is 314 g/mol. The predicted molar refractivity (Wildman–Crippen MR) is 101 cm³/mol. The molecule has 0 unspecified atom stereocenters. The molecule has 3 rings (SSSR count). The second-order valence-electron chi connectivity index (χ2n) is 7.43. The standard InChI is InChI=1S/C23H28F2/c1-2-3-4-7-17-10-12-18(13-11-17)20-8-5-6-9-21(20)19-14-15-22(24)23(25)16-19/h5-6,8-9,14-18H,2-4,7,10-13H2,1H3/t17-,18-. The maximum atomic E-state index is 13.7. The lowest BCUT2D eigenvalue weighted by Gasteiger charge is -2.30. The molecule has 1 aliphatic rings. The van der Waals surface area contributed by atoms with Crippen molar-refractivity contribution in [3.63, 3.8) is 0 Å². The van der Waals surface area contributed by atoms with Gasteiger partial charge in [0.1, 0.15) is 0 Å². The highest BCUT2D eigenvalue weighted by Crippen LogP contribution is 2.41. The molecule has 0 amide bonds. The molecule has 1 fully saturated rings. The van der Waals surface area contributed by atoms with Crippen molar-refractivity contribution in [2.75, 3.05) is 0 Å². The summed E-state index contributed by atoms with van der Waals surface area (Å²) in [4.78, 5) is 0. The first-order valence-corrected chi connectivity index (χ1v) is 9.73. The van der Waals surface area contributed by atoms with E-state index in [0.29, 0.717) is 5.92 Å². The molecule has 134 valence electrons. The summed E-state index contributed by atoms with van der Waals surface area (Å²) >= 11 is 0. The minimum atomic E-state index is -0.784. The molecule has 0 bridgehead atoms. The molecule has 0 N–H and O–H groups in total. The summed E-state index contributed by atoms with van der Waals surface area (Å²) in [6.07, 6.45) is 10.4. The lowest BCUT2D eigenvalue weighted by molar-refractivity contribution is 0.303. The van der Waals surface area contributed by atoms with E-state index in [4.69, 9.17) is 0 Å². The third-order valence-electron chi connectivity index (χ3n) is 5.69. The van der Waals surface area contributed by atoms with Crippen molar-refractivity contribution in [3.8, 4) is 11.1 Å². The van der Waals surface area contributed by atoms with E-state index in [1.807, 2.05) is 12.1 Å². The summed E-state index contributed by atoms with van der Waals surface area (Å²) in [7, 11) is 0. The molecule has 1 aliphatic carbocycles. The minimum Gasteiger partial charge on any atom is -0.204 e. The maximum Gasteiger partial charge on any atom is 0.159 e. The average Bonchev–Trinajstić information content (AvgIpc) is 2.65. The Bertz CT molecular complexity index is 684. The van der Waals surface area contributed by atoms with Gasteiger partial charge in [0.15, 0.2) is 11.6 Å². The van der Waals surface area contributed by atoms with Crippen LogP contribution in [-0.4, -0.2) is 0 Å². The number of hydrogen-bond acceptors (Lipinski definition) is 0. The van der Waals surface area contributed by atoms with Gasteiger partial charge in [-0.1, -0.05) is 62.9 Å². The van der Waals surface area contributed by atoms with E-state index >= 15 is 0 Å². The molecule has 2 aromatic carbocycles. The summed E-state index contributed by atoms with van der Waals surface area (Å²) in [5.74, 6) is -0.147. The van der Waals surface area contributed by atoms with Crippen molar-refractivity contribution in [1.29, 1.82) is 0 Å². The average molecular weight is 342 g/mol. The molecule has 0 aromatic heterocycles. The Labute approximate surface area is 150 Å². The molecule has 0 radical (unpaired) electrons. The van der Waals surface area contributed by atoms with E-state index in [-0.39, 0.29) is 0 Å². The number of halogens is 2. The molecule has 2 heteroatoms. The topological polar surface area (TPSA) is 0 Å². The van der Waals surface area contributed by atoms with Gasteiger partial charge < -0.3 is 0 Å². The molecular formula is C23H28F2. The Hall–Kier alpha value is -1.70. The van der Waals surface area contributed by atoms with Crippen LogP contribution in [0.4, 0.5) is 8.78 Å². The van der Waals surface area contributed by atoms with E-state index in [2.05, 4.69) is 19.1 Å². The monoisotopic (exact) mass is 342 g/mol. The zero-order valence-corrected chi connectivity index (χ0v) is 15.1. The Morgan fingerprint density at radius 1 is 0.880 bits per heavy atom. The molecule has 25 heavy (non-hydrogen) atoms. The van der Waals surface area contributed by atoms with Crippen LogP contribution in [-0.2, 0) is 0 Å². The van der Waals surface area contributed by atoms with E-state index < -0.39 is 11.6 Å². The molecule has 1 saturated carbocycles. The summed E-state index contributed by atoms with van der Waals surface area (Å²) in [6, 6.07) is 12.5. The van der Waals surface area contributed by atoms with E-state index in [9.17, 15) is 8.78 Å². The Morgan fingerprint density at radius 3 is 2.36 bits per heavy atom. The van der Waals surface area contributed by atoms with Gasteiger partial charge in [-0.25, -0.2) is 8.78 Å².